The molecule has 4 heterocycles. The minimum absolute atomic E-state index is 0.00203. The molecule has 6 N–H and O–H groups in total. The van der Waals surface area contributed by atoms with Crippen LogP contribution in [0.3, 0.4) is 0 Å². The van der Waals surface area contributed by atoms with Crippen molar-refractivity contribution in [1.82, 2.24) is 36.1 Å². The van der Waals surface area contributed by atoms with E-state index in [1.807, 2.05) is 24.1 Å². The lowest BCUT2D eigenvalue weighted by molar-refractivity contribution is -0.143. The Hall–Kier alpha value is -6.75. The van der Waals surface area contributed by atoms with Crippen LogP contribution in [-0.2, 0) is 39.9 Å². The summed E-state index contributed by atoms with van der Waals surface area (Å²) in [7, 11) is 3.05. The van der Waals surface area contributed by atoms with Gasteiger partial charge in [0, 0.05) is 39.5 Å². The van der Waals surface area contributed by atoms with Crippen LogP contribution in [0.15, 0.2) is 53.3 Å². The third kappa shape index (κ3) is 12.3. The molecule has 2 unspecified atom stereocenters. The Morgan fingerprint density at radius 2 is 1.71 bits per heavy atom. The predicted molar refractivity (Wildman–Crippen MR) is 233 cm³/mol. The first kappa shape index (κ1) is 47.7. The molecule has 0 radical (unpaired) electrons. The van der Waals surface area contributed by atoms with Crippen molar-refractivity contribution in [2.24, 2.45) is 0 Å². The summed E-state index contributed by atoms with van der Waals surface area (Å²) in [6.07, 6.45) is -1.32. The van der Waals surface area contributed by atoms with Gasteiger partial charge in [0.2, 0.25) is 11.8 Å². The highest BCUT2D eigenvalue weighted by atomic mass is 32.1. The first-order valence-corrected chi connectivity index (χ1v) is 21.5. The summed E-state index contributed by atoms with van der Waals surface area (Å²) in [5, 5.41) is 21.9. The Kier molecular flexibility index (Phi) is 16.3. The molecule has 4 aromatic rings. The van der Waals surface area contributed by atoms with Gasteiger partial charge in [0.1, 0.15) is 23.8 Å². The van der Waals surface area contributed by atoms with Gasteiger partial charge >= 0.3 is 5.97 Å². The number of rotatable bonds is 22. The van der Waals surface area contributed by atoms with Gasteiger partial charge in [0.05, 0.1) is 71.5 Å². The van der Waals surface area contributed by atoms with Crippen molar-refractivity contribution < 1.29 is 57.6 Å². The van der Waals surface area contributed by atoms with E-state index in [-0.39, 0.29) is 99.5 Å². The molecule has 3 atom stereocenters. The van der Waals surface area contributed by atoms with Gasteiger partial charge in [-0.15, -0.1) is 11.3 Å². The van der Waals surface area contributed by atoms with Crippen LogP contribution < -0.4 is 36.5 Å². The van der Waals surface area contributed by atoms with Gasteiger partial charge in [-0.05, 0) is 61.7 Å². The molecule has 2 aliphatic rings. The fraction of sp³-hybridized carbons (Fsp3) is 0.419. The number of aliphatic hydroxyl groups excluding tert-OH is 1. The Bertz CT molecular complexity index is 2490. The molecule has 1 fully saturated rings. The molecule has 2 aromatic heterocycles. The van der Waals surface area contributed by atoms with Crippen LogP contribution >= 0.6 is 11.3 Å². The second kappa shape index (κ2) is 22.2. The lowest BCUT2D eigenvalue weighted by atomic mass is 10.0. The van der Waals surface area contributed by atoms with Crippen molar-refractivity contribution in [3.8, 4) is 5.75 Å². The molecule has 6 amide bonds. The minimum atomic E-state index is -1.40. The Balaban J connectivity index is 0.820. The highest BCUT2D eigenvalue weighted by molar-refractivity contribution is 7.18. The van der Waals surface area contributed by atoms with Gasteiger partial charge in [0.15, 0.2) is 6.61 Å². The van der Waals surface area contributed by atoms with Crippen LogP contribution in [0.4, 0.5) is 5.00 Å². The summed E-state index contributed by atoms with van der Waals surface area (Å²) in [4.78, 5) is 111. The first-order chi connectivity index (χ1) is 31.2. The van der Waals surface area contributed by atoms with Crippen LogP contribution in [0.2, 0.25) is 0 Å². The molecule has 0 aliphatic carbocycles. The summed E-state index contributed by atoms with van der Waals surface area (Å²) < 4.78 is 21.4. The van der Waals surface area contributed by atoms with Gasteiger partial charge in [0.25, 0.3) is 29.2 Å². The van der Waals surface area contributed by atoms with Crippen molar-refractivity contribution in [1.29, 1.82) is 0 Å². The molecule has 346 valence electrons. The number of fused-ring (bicyclic) bond motifs is 2. The number of piperidine rings is 1. The molecule has 22 heteroatoms. The largest absolute Gasteiger partial charge is 0.483 e. The van der Waals surface area contributed by atoms with E-state index in [9.17, 15) is 43.5 Å². The molecule has 6 rings (SSSR count). The molecule has 0 saturated carbocycles. The Morgan fingerprint density at radius 3 is 2.43 bits per heavy atom. The third-order valence-corrected chi connectivity index (χ3v) is 11.6. The van der Waals surface area contributed by atoms with E-state index >= 15 is 0 Å². The van der Waals surface area contributed by atoms with Crippen molar-refractivity contribution in [2.45, 2.75) is 57.5 Å². The second-order valence-electron chi connectivity index (χ2n) is 15.1. The Morgan fingerprint density at radius 1 is 0.969 bits per heavy atom. The standard InChI is InChI=1S/C43H50N8O13S/c1-24-46-28-8-7-25(21-27(28)38(55)47-24)22-50(2)36-14-11-32(65-36)40(57)48-29(43(60)61-3)9-12-33(52)44-15-17-62-19-20-63-18-16-45-35(54)23-64-31-6-4-5-26-37(31)42(59)51(41(26)58)30-10-13-34(53)49-39(30)56/h4-8,11,14,21,29-30,39,56H,9-10,12-13,15-20,22-23H2,1-3H3,(H,44,52)(H,45,54)(H,48,57)(H,49,53)(H,46,47,55)/t29-,30?,39?/m1/s1. The fourth-order valence-corrected chi connectivity index (χ4v) is 8.05. The zero-order chi connectivity index (χ0) is 46.6. The maximum Gasteiger partial charge on any atom is 0.328 e. The quantitative estimate of drug-likeness (QED) is 0.0356. The number of ether oxygens (including phenoxy) is 4. The molecule has 2 aromatic carbocycles. The number of carbonyl (C=O) groups excluding carboxylic acids is 7. The number of H-pyrrole nitrogens is 1. The number of aliphatic hydroxyl groups is 1. The number of carbonyl (C=O) groups is 7. The summed E-state index contributed by atoms with van der Waals surface area (Å²) in [5.41, 5.74) is 1.31. The van der Waals surface area contributed by atoms with E-state index < -0.39 is 54.5 Å². The summed E-state index contributed by atoms with van der Waals surface area (Å²) >= 11 is 1.22. The van der Waals surface area contributed by atoms with E-state index in [2.05, 4.69) is 31.2 Å². The number of amides is 6. The number of thiophene rings is 1. The van der Waals surface area contributed by atoms with Crippen molar-refractivity contribution >= 4 is 68.7 Å². The van der Waals surface area contributed by atoms with Crippen molar-refractivity contribution in [2.75, 3.05) is 65.2 Å². The first-order valence-electron chi connectivity index (χ1n) is 20.7. The number of imide groups is 1. The maximum atomic E-state index is 13.2. The molecular formula is C43H50N8O13S. The number of esters is 1. The van der Waals surface area contributed by atoms with Crippen molar-refractivity contribution in [3.63, 3.8) is 0 Å². The number of nitrogens with one attached hydrogen (secondary N) is 5. The summed E-state index contributed by atoms with van der Waals surface area (Å²) in [5.74, 6) is -3.18. The number of aryl methyl sites for hydroxylation is 1. The zero-order valence-electron chi connectivity index (χ0n) is 35.9. The highest BCUT2D eigenvalue weighted by Crippen LogP contribution is 2.34. The van der Waals surface area contributed by atoms with Crippen LogP contribution in [0, 0.1) is 6.92 Å². The van der Waals surface area contributed by atoms with E-state index in [1.54, 1.807) is 25.1 Å². The van der Waals surface area contributed by atoms with Gasteiger partial charge in [-0.3, -0.25) is 38.5 Å². The van der Waals surface area contributed by atoms with Gasteiger partial charge in [-0.1, -0.05) is 12.1 Å². The van der Waals surface area contributed by atoms with Gasteiger partial charge in [-0.2, -0.15) is 4.98 Å². The van der Waals surface area contributed by atoms with E-state index in [0.29, 0.717) is 28.1 Å². The molecule has 0 spiro atoms. The normalized spacial score (nSPS) is 16.1. The fourth-order valence-electron chi connectivity index (χ4n) is 7.18. The topological polar surface area (TPSA) is 277 Å². The highest BCUT2D eigenvalue weighted by Gasteiger charge is 2.46. The van der Waals surface area contributed by atoms with Crippen LogP contribution in [0.1, 0.15) is 67.5 Å². The monoisotopic (exact) mass is 918 g/mol. The molecule has 65 heavy (non-hydrogen) atoms. The number of benzene rings is 2. The average molecular weight is 919 g/mol. The lowest BCUT2D eigenvalue weighted by Crippen LogP contribution is -2.57. The van der Waals surface area contributed by atoms with Crippen LogP contribution in [-0.4, -0.2) is 140 Å². The SMILES string of the molecule is COC(=O)[C@@H](CCC(=O)NCCOCCOCCNC(=O)COc1cccc2c1C(=O)N(C1CCC(=O)NC1O)C2=O)NC(=O)c1ccc(N(C)Cc2ccc3[nH]c(C)nc(=O)c3c2)s1. The zero-order valence-corrected chi connectivity index (χ0v) is 36.7. The molecule has 1 saturated heterocycles. The third-order valence-electron chi connectivity index (χ3n) is 10.4. The van der Waals surface area contributed by atoms with Gasteiger partial charge in [-0.25, -0.2) is 4.79 Å². The number of hydrogen-bond acceptors (Lipinski definition) is 16. The minimum Gasteiger partial charge on any atom is -0.483 e. The lowest BCUT2D eigenvalue weighted by Gasteiger charge is -2.33. The number of aromatic amines is 1. The van der Waals surface area contributed by atoms with E-state index in [4.69, 9.17) is 18.9 Å². The molecular weight excluding hydrogens is 869 g/mol. The Labute approximate surface area is 376 Å². The van der Waals surface area contributed by atoms with Crippen LogP contribution in [0.5, 0.6) is 5.75 Å². The number of aromatic nitrogens is 2. The van der Waals surface area contributed by atoms with Crippen molar-refractivity contribution in [3.05, 3.63) is 86.3 Å². The molecule has 2 aliphatic heterocycles. The molecule has 21 nitrogen and oxygen atoms in total. The number of anilines is 1. The predicted octanol–water partition coefficient (Wildman–Crippen LogP) is 0.519. The van der Waals surface area contributed by atoms with Gasteiger partial charge < -0.3 is 55.2 Å². The second-order valence-corrected chi connectivity index (χ2v) is 16.1. The number of hydrogen-bond donors (Lipinski definition) is 6. The summed E-state index contributed by atoms with van der Waals surface area (Å²) in [6.45, 7) is 2.82. The number of nitrogens with zero attached hydrogens (tertiary/aromatic N) is 3. The molecule has 0 bridgehead atoms. The average Bonchev–Trinajstić information content (AvgIpc) is 3.88. The summed E-state index contributed by atoms with van der Waals surface area (Å²) in [6, 6.07) is 11.4. The smallest absolute Gasteiger partial charge is 0.328 e. The van der Waals surface area contributed by atoms with E-state index in [1.165, 1.54) is 36.6 Å². The van der Waals surface area contributed by atoms with Crippen LogP contribution in [0.25, 0.3) is 10.9 Å². The number of methoxy groups -OCH3 is 1. The van der Waals surface area contributed by atoms with E-state index in [0.717, 1.165) is 15.5 Å². The maximum absolute atomic E-state index is 13.2.